The van der Waals surface area contributed by atoms with Crippen molar-refractivity contribution in [1.29, 1.82) is 0 Å². The Morgan fingerprint density at radius 1 is 1.64 bits per heavy atom. The van der Waals surface area contributed by atoms with Crippen LogP contribution in [-0.2, 0) is 0 Å². The molecular formula is C7H12N4. The molecule has 1 aromatic rings. The first-order valence-corrected chi connectivity index (χ1v) is 3.41. The van der Waals surface area contributed by atoms with Crippen LogP contribution in [0.2, 0.25) is 0 Å². The maximum atomic E-state index is 5.66. The lowest BCUT2D eigenvalue weighted by Crippen LogP contribution is -2.26. The SMILES string of the molecule is CC(NN)c1cnccc1N. The summed E-state index contributed by atoms with van der Waals surface area (Å²) in [5.41, 5.74) is 9.90. The van der Waals surface area contributed by atoms with Crippen molar-refractivity contribution >= 4 is 5.69 Å². The molecule has 1 rings (SSSR count). The normalized spacial score (nSPS) is 12.9. The van der Waals surface area contributed by atoms with Gasteiger partial charge < -0.3 is 5.73 Å². The summed E-state index contributed by atoms with van der Waals surface area (Å²) in [5.74, 6) is 5.24. The first-order chi connectivity index (χ1) is 5.25. The monoisotopic (exact) mass is 152 g/mol. The molecule has 0 bridgehead atoms. The van der Waals surface area contributed by atoms with E-state index in [9.17, 15) is 0 Å². The fourth-order valence-electron chi connectivity index (χ4n) is 0.869. The molecule has 0 aliphatic rings. The summed E-state index contributed by atoms with van der Waals surface area (Å²) in [7, 11) is 0. The van der Waals surface area contributed by atoms with Crippen LogP contribution in [0.25, 0.3) is 0 Å². The van der Waals surface area contributed by atoms with E-state index in [1.807, 2.05) is 6.92 Å². The standard InChI is InChI=1S/C7H12N4/c1-5(11-9)6-4-10-3-2-7(6)8/h2-5,11H,9H2,1H3,(H2,8,10). The Bertz CT molecular complexity index is 236. The summed E-state index contributed by atoms with van der Waals surface area (Å²) in [5, 5.41) is 0. The molecule has 0 spiro atoms. The number of nitrogens with one attached hydrogen (secondary N) is 1. The summed E-state index contributed by atoms with van der Waals surface area (Å²) >= 11 is 0. The topological polar surface area (TPSA) is 77.0 Å². The van der Waals surface area contributed by atoms with Crippen molar-refractivity contribution in [2.75, 3.05) is 5.73 Å². The molecule has 0 saturated heterocycles. The first kappa shape index (κ1) is 7.97. The highest BCUT2D eigenvalue weighted by molar-refractivity contribution is 5.45. The van der Waals surface area contributed by atoms with Crippen molar-refractivity contribution in [1.82, 2.24) is 10.4 Å². The first-order valence-electron chi connectivity index (χ1n) is 3.41. The van der Waals surface area contributed by atoms with Gasteiger partial charge in [-0.1, -0.05) is 0 Å². The van der Waals surface area contributed by atoms with Crippen LogP contribution < -0.4 is 17.0 Å². The van der Waals surface area contributed by atoms with E-state index in [2.05, 4.69) is 10.4 Å². The number of rotatable bonds is 2. The number of hydrazine groups is 1. The quantitative estimate of drug-likeness (QED) is 0.417. The van der Waals surface area contributed by atoms with Crippen molar-refractivity contribution in [3.8, 4) is 0 Å². The minimum atomic E-state index is 0.0451. The highest BCUT2D eigenvalue weighted by Gasteiger charge is 2.05. The maximum Gasteiger partial charge on any atom is 0.0467 e. The number of pyridine rings is 1. The molecule has 0 aliphatic carbocycles. The lowest BCUT2D eigenvalue weighted by atomic mass is 10.1. The van der Waals surface area contributed by atoms with Crippen LogP contribution in [0.3, 0.4) is 0 Å². The summed E-state index contributed by atoms with van der Waals surface area (Å²) in [6, 6.07) is 1.80. The maximum absolute atomic E-state index is 5.66. The smallest absolute Gasteiger partial charge is 0.0467 e. The lowest BCUT2D eigenvalue weighted by Gasteiger charge is -2.11. The Kier molecular flexibility index (Phi) is 2.40. The summed E-state index contributed by atoms with van der Waals surface area (Å²) in [6.45, 7) is 1.92. The zero-order chi connectivity index (χ0) is 8.27. The molecule has 4 heteroatoms. The molecule has 60 valence electrons. The van der Waals surface area contributed by atoms with E-state index < -0.39 is 0 Å². The van der Waals surface area contributed by atoms with Crippen molar-refractivity contribution < 1.29 is 0 Å². The molecule has 0 radical (unpaired) electrons. The van der Waals surface area contributed by atoms with Gasteiger partial charge in [-0.15, -0.1) is 0 Å². The highest BCUT2D eigenvalue weighted by Crippen LogP contribution is 2.16. The second kappa shape index (κ2) is 3.32. The van der Waals surface area contributed by atoms with E-state index in [4.69, 9.17) is 11.6 Å². The van der Waals surface area contributed by atoms with Crippen molar-refractivity contribution in [2.45, 2.75) is 13.0 Å². The van der Waals surface area contributed by atoms with Gasteiger partial charge in [-0.3, -0.25) is 16.3 Å². The molecule has 0 saturated carbocycles. The lowest BCUT2D eigenvalue weighted by molar-refractivity contribution is 0.602. The van der Waals surface area contributed by atoms with Crippen LogP contribution >= 0.6 is 0 Å². The fraction of sp³-hybridized carbons (Fsp3) is 0.286. The van der Waals surface area contributed by atoms with E-state index in [-0.39, 0.29) is 6.04 Å². The average molecular weight is 152 g/mol. The third kappa shape index (κ3) is 1.66. The molecule has 1 unspecified atom stereocenters. The van der Waals surface area contributed by atoms with E-state index in [0.29, 0.717) is 5.69 Å². The molecule has 0 fully saturated rings. The van der Waals surface area contributed by atoms with Gasteiger partial charge in [-0.2, -0.15) is 0 Å². The van der Waals surface area contributed by atoms with Crippen LogP contribution in [0.4, 0.5) is 5.69 Å². The Balaban J connectivity index is 2.93. The summed E-state index contributed by atoms with van der Waals surface area (Å²) in [4.78, 5) is 3.94. The van der Waals surface area contributed by atoms with Crippen LogP contribution in [0.1, 0.15) is 18.5 Å². The molecular weight excluding hydrogens is 140 g/mol. The van der Waals surface area contributed by atoms with Crippen molar-refractivity contribution in [3.63, 3.8) is 0 Å². The Hall–Kier alpha value is -1.13. The van der Waals surface area contributed by atoms with Crippen molar-refractivity contribution in [2.24, 2.45) is 5.84 Å². The molecule has 5 N–H and O–H groups in total. The Morgan fingerprint density at radius 2 is 2.36 bits per heavy atom. The van der Waals surface area contributed by atoms with Gasteiger partial charge in [0.05, 0.1) is 0 Å². The van der Waals surface area contributed by atoms with Gasteiger partial charge in [0.25, 0.3) is 0 Å². The zero-order valence-corrected chi connectivity index (χ0v) is 6.41. The largest absolute Gasteiger partial charge is 0.398 e. The predicted molar refractivity (Wildman–Crippen MR) is 44.4 cm³/mol. The van der Waals surface area contributed by atoms with Crippen LogP contribution in [0.15, 0.2) is 18.5 Å². The number of aromatic nitrogens is 1. The van der Waals surface area contributed by atoms with Crippen LogP contribution in [0, 0.1) is 0 Å². The van der Waals surface area contributed by atoms with Gasteiger partial charge in [-0.05, 0) is 13.0 Å². The minimum Gasteiger partial charge on any atom is -0.398 e. The number of nitrogens with zero attached hydrogens (tertiary/aromatic N) is 1. The molecule has 0 amide bonds. The van der Waals surface area contributed by atoms with Gasteiger partial charge in [-0.25, -0.2) is 0 Å². The number of nitrogens with two attached hydrogens (primary N) is 2. The molecule has 1 heterocycles. The molecule has 0 aliphatic heterocycles. The van der Waals surface area contributed by atoms with Gasteiger partial charge in [0.15, 0.2) is 0 Å². The van der Waals surface area contributed by atoms with Crippen molar-refractivity contribution in [3.05, 3.63) is 24.0 Å². The molecule has 1 aromatic heterocycles. The highest BCUT2D eigenvalue weighted by atomic mass is 15.2. The van der Waals surface area contributed by atoms with Gasteiger partial charge in [0.2, 0.25) is 0 Å². The third-order valence-electron chi connectivity index (χ3n) is 1.60. The van der Waals surface area contributed by atoms with Gasteiger partial charge in [0, 0.05) is 29.7 Å². The second-order valence-corrected chi connectivity index (χ2v) is 2.39. The van der Waals surface area contributed by atoms with Crippen LogP contribution in [-0.4, -0.2) is 4.98 Å². The van der Waals surface area contributed by atoms with E-state index in [1.54, 1.807) is 18.5 Å². The Morgan fingerprint density at radius 3 is 2.91 bits per heavy atom. The van der Waals surface area contributed by atoms with E-state index >= 15 is 0 Å². The van der Waals surface area contributed by atoms with Gasteiger partial charge in [0.1, 0.15) is 0 Å². The molecule has 1 atom stereocenters. The average Bonchev–Trinajstić information content (AvgIpc) is 2.04. The molecule has 4 nitrogen and oxygen atoms in total. The predicted octanol–water partition coefficient (Wildman–Crippen LogP) is 0.188. The fourth-order valence-corrected chi connectivity index (χ4v) is 0.869. The van der Waals surface area contributed by atoms with E-state index in [1.165, 1.54) is 0 Å². The summed E-state index contributed by atoms with van der Waals surface area (Å²) in [6.07, 6.45) is 3.36. The molecule has 11 heavy (non-hydrogen) atoms. The Labute approximate surface area is 65.6 Å². The van der Waals surface area contributed by atoms with E-state index in [0.717, 1.165) is 5.56 Å². The number of anilines is 1. The number of nitrogen functional groups attached to an aromatic ring is 1. The number of hydrogen-bond acceptors (Lipinski definition) is 4. The van der Waals surface area contributed by atoms with Gasteiger partial charge >= 0.3 is 0 Å². The van der Waals surface area contributed by atoms with Crippen LogP contribution in [0.5, 0.6) is 0 Å². The second-order valence-electron chi connectivity index (χ2n) is 2.39. The summed E-state index contributed by atoms with van der Waals surface area (Å²) < 4.78 is 0. The number of hydrogen-bond donors (Lipinski definition) is 3. The zero-order valence-electron chi connectivity index (χ0n) is 6.41. The third-order valence-corrected chi connectivity index (χ3v) is 1.60. The molecule has 0 aromatic carbocycles. The minimum absolute atomic E-state index is 0.0451.